The number of Topliss-reactive ketones (excluding diaryl/α,β-unsaturated/α-hetero) is 1. The maximum atomic E-state index is 13.2. The summed E-state index contributed by atoms with van der Waals surface area (Å²) in [7, 11) is 0. The first-order valence-electron chi connectivity index (χ1n) is 9.46. The molecule has 2 nitrogen and oxygen atoms in total. The molecule has 0 amide bonds. The molecule has 3 aromatic carbocycles. The van der Waals surface area contributed by atoms with E-state index in [-0.39, 0.29) is 11.2 Å². The van der Waals surface area contributed by atoms with Crippen LogP contribution in [-0.4, -0.2) is 10.8 Å². The highest BCUT2D eigenvalue weighted by molar-refractivity contribution is 6.19. The first-order valence-corrected chi connectivity index (χ1v) is 9.46. The van der Waals surface area contributed by atoms with Crippen LogP contribution in [0.2, 0.25) is 0 Å². The van der Waals surface area contributed by atoms with E-state index in [4.69, 9.17) is 4.98 Å². The molecule has 0 bridgehead atoms. The molecular formula is C25H21NO. The molecule has 132 valence electrons. The Morgan fingerprint density at radius 2 is 1.56 bits per heavy atom. The molecule has 4 aromatic rings. The average molecular weight is 351 g/mol. The van der Waals surface area contributed by atoms with Crippen molar-refractivity contribution < 1.29 is 4.79 Å². The summed E-state index contributed by atoms with van der Waals surface area (Å²) in [5.74, 6) is 0.211. The lowest BCUT2D eigenvalue weighted by Gasteiger charge is -2.31. The van der Waals surface area contributed by atoms with Gasteiger partial charge in [-0.25, -0.2) is 0 Å². The summed E-state index contributed by atoms with van der Waals surface area (Å²) < 4.78 is 0. The van der Waals surface area contributed by atoms with E-state index in [2.05, 4.69) is 62.4 Å². The molecule has 0 spiro atoms. The Kier molecular flexibility index (Phi) is 3.45. The third-order valence-corrected chi connectivity index (χ3v) is 5.58. The van der Waals surface area contributed by atoms with Crippen LogP contribution in [0.15, 0.2) is 66.7 Å². The summed E-state index contributed by atoms with van der Waals surface area (Å²) in [6, 6.07) is 22.9. The van der Waals surface area contributed by atoms with Gasteiger partial charge in [-0.3, -0.25) is 9.78 Å². The summed E-state index contributed by atoms with van der Waals surface area (Å²) >= 11 is 0. The van der Waals surface area contributed by atoms with Gasteiger partial charge in [0.2, 0.25) is 0 Å². The van der Waals surface area contributed by atoms with Gasteiger partial charge >= 0.3 is 0 Å². The van der Waals surface area contributed by atoms with Gasteiger partial charge in [-0.15, -0.1) is 0 Å². The molecule has 0 unspecified atom stereocenters. The molecule has 0 radical (unpaired) electrons. The van der Waals surface area contributed by atoms with Crippen LogP contribution in [0.25, 0.3) is 32.8 Å². The van der Waals surface area contributed by atoms with E-state index < -0.39 is 0 Å². The van der Waals surface area contributed by atoms with Gasteiger partial charge in [0.1, 0.15) is 0 Å². The molecule has 5 rings (SSSR count). The van der Waals surface area contributed by atoms with Crippen molar-refractivity contribution in [3.8, 4) is 11.1 Å². The van der Waals surface area contributed by atoms with Crippen molar-refractivity contribution in [3.05, 3.63) is 78.0 Å². The largest absolute Gasteiger partial charge is 0.294 e. The Labute approximate surface area is 158 Å². The second kappa shape index (κ2) is 5.75. The minimum absolute atomic E-state index is 0.0461. The third-order valence-electron chi connectivity index (χ3n) is 5.58. The minimum atomic E-state index is -0.0461. The molecule has 0 aliphatic heterocycles. The number of carbonyl (C=O) groups excluding carboxylic acids is 1. The highest BCUT2D eigenvalue weighted by Gasteiger charge is 2.35. The van der Waals surface area contributed by atoms with E-state index in [0.717, 1.165) is 45.1 Å². The van der Waals surface area contributed by atoms with Crippen molar-refractivity contribution in [1.82, 2.24) is 4.98 Å². The summed E-state index contributed by atoms with van der Waals surface area (Å²) in [5, 5.41) is 3.42. The van der Waals surface area contributed by atoms with Crippen molar-refractivity contribution in [2.45, 2.75) is 26.7 Å². The summed E-state index contributed by atoms with van der Waals surface area (Å²) in [5.41, 5.74) is 4.83. The maximum absolute atomic E-state index is 13.2. The number of fused-ring (bicyclic) bond motifs is 4. The third kappa shape index (κ3) is 2.56. The Bertz CT molecular complexity index is 1210. The van der Waals surface area contributed by atoms with Crippen molar-refractivity contribution >= 4 is 27.5 Å². The molecule has 1 heterocycles. The summed E-state index contributed by atoms with van der Waals surface area (Å²) in [6.45, 7) is 4.31. The molecule has 0 saturated heterocycles. The molecule has 0 N–H and O–H groups in total. The predicted octanol–water partition coefficient (Wildman–Crippen LogP) is 6.21. The molecule has 0 atom stereocenters. The molecule has 2 heteroatoms. The zero-order chi connectivity index (χ0) is 18.6. The standard InChI is InChI=1S/C25H21NO/c1-25(2)14-20-24(21(27)15-25)22(17-9-4-3-5-10-17)23-18-11-7-6-8-16(18)12-13-19(23)26-20/h3-13H,14-15H2,1-2H3. The van der Waals surface area contributed by atoms with E-state index in [1.54, 1.807) is 0 Å². The Morgan fingerprint density at radius 1 is 0.815 bits per heavy atom. The van der Waals surface area contributed by atoms with Gasteiger partial charge in [0.25, 0.3) is 0 Å². The number of aromatic nitrogens is 1. The van der Waals surface area contributed by atoms with Gasteiger partial charge in [-0.2, -0.15) is 0 Å². The molecule has 1 aliphatic rings. The predicted molar refractivity (Wildman–Crippen MR) is 111 cm³/mol. The van der Waals surface area contributed by atoms with Crippen LogP contribution in [0.5, 0.6) is 0 Å². The second-order valence-electron chi connectivity index (χ2n) is 8.30. The van der Waals surface area contributed by atoms with Gasteiger partial charge < -0.3 is 0 Å². The Morgan fingerprint density at radius 3 is 2.37 bits per heavy atom. The smallest absolute Gasteiger partial charge is 0.165 e. The van der Waals surface area contributed by atoms with E-state index in [0.29, 0.717) is 6.42 Å². The number of hydrogen-bond donors (Lipinski definition) is 0. The van der Waals surface area contributed by atoms with E-state index in [1.165, 1.54) is 5.39 Å². The second-order valence-corrected chi connectivity index (χ2v) is 8.30. The fourth-order valence-electron chi connectivity index (χ4n) is 4.45. The van der Waals surface area contributed by atoms with Crippen LogP contribution in [-0.2, 0) is 6.42 Å². The van der Waals surface area contributed by atoms with Crippen LogP contribution < -0.4 is 0 Å². The fraction of sp³-hybridized carbons (Fsp3) is 0.200. The number of rotatable bonds is 1. The zero-order valence-corrected chi connectivity index (χ0v) is 15.6. The highest BCUT2D eigenvalue weighted by Crippen LogP contribution is 2.43. The zero-order valence-electron chi connectivity index (χ0n) is 15.6. The summed E-state index contributed by atoms with van der Waals surface area (Å²) in [6.07, 6.45) is 1.40. The van der Waals surface area contributed by atoms with E-state index in [1.807, 2.05) is 18.2 Å². The first kappa shape index (κ1) is 16.2. The number of ketones is 1. The molecule has 0 fully saturated rings. The van der Waals surface area contributed by atoms with Gasteiger partial charge in [0.15, 0.2) is 5.78 Å². The highest BCUT2D eigenvalue weighted by atomic mass is 16.1. The Hall–Kier alpha value is -3.00. The minimum Gasteiger partial charge on any atom is -0.294 e. The molecule has 0 saturated carbocycles. The first-order chi connectivity index (χ1) is 13.0. The summed E-state index contributed by atoms with van der Waals surface area (Å²) in [4.78, 5) is 18.2. The maximum Gasteiger partial charge on any atom is 0.165 e. The van der Waals surface area contributed by atoms with Gasteiger partial charge in [0, 0.05) is 22.9 Å². The number of carbonyl (C=O) groups is 1. The number of hydrogen-bond acceptors (Lipinski definition) is 2. The van der Waals surface area contributed by atoms with Crippen LogP contribution in [0.4, 0.5) is 0 Å². The van der Waals surface area contributed by atoms with Crippen molar-refractivity contribution in [1.29, 1.82) is 0 Å². The van der Waals surface area contributed by atoms with Crippen LogP contribution in [0.3, 0.4) is 0 Å². The molecular weight excluding hydrogens is 330 g/mol. The monoisotopic (exact) mass is 351 g/mol. The average Bonchev–Trinajstić information content (AvgIpc) is 2.66. The molecule has 1 aliphatic carbocycles. The van der Waals surface area contributed by atoms with Crippen LogP contribution >= 0.6 is 0 Å². The lowest BCUT2D eigenvalue weighted by molar-refractivity contribution is 0.0911. The van der Waals surface area contributed by atoms with E-state index >= 15 is 0 Å². The van der Waals surface area contributed by atoms with Crippen LogP contribution in [0.1, 0.15) is 36.3 Å². The number of pyridine rings is 1. The van der Waals surface area contributed by atoms with Crippen molar-refractivity contribution in [3.63, 3.8) is 0 Å². The molecule has 1 aromatic heterocycles. The van der Waals surface area contributed by atoms with Gasteiger partial charge in [0.05, 0.1) is 11.2 Å². The fourth-order valence-corrected chi connectivity index (χ4v) is 4.45. The van der Waals surface area contributed by atoms with Gasteiger partial charge in [-0.05, 0) is 34.2 Å². The van der Waals surface area contributed by atoms with E-state index in [9.17, 15) is 4.79 Å². The molecule has 27 heavy (non-hydrogen) atoms. The van der Waals surface area contributed by atoms with Crippen molar-refractivity contribution in [2.75, 3.05) is 0 Å². The normalized spacial score (nSPS) is 15.9. The van der Waals surface area contributed by atoms with Gasteiger partial charge in [-0.1, -0.05) is 74.5 Å². The Balaban J connectivity index is 1.99. The number of nitrogens with zero attached hydrogens (tertiary/aromatic N) is 1. The quantitative estimate of drug-likeness (QED) is 0.382. The number of benzene rings is 3. The van der Waals surface area contributed by atoms with Crippen molar-refractivity contribution in [2.24, 2.45) is 5.41 Å². The SMILES string of the molecule is CC1(C)CC(=O)c2c(nc3ccc4ccccc4c3c2-c2ccccc2)C1. The van der Waals surface area contributed by atoms with Crippen LogP contribution in [0, 0.1) is 5.41 Å². The topological polar surface area (TPSA) is 30.0 Å². The lowest BCUT2D eigenvalue weighted by Crippen LogP contribution is -2.28. The lowest BCUT2D eigenvalue weighted by atomic mass is 9.73.